The van der Waals surface area contributed by atoms with E-state index in [0.717, 1.165) is 12.8 Å². The first-order valence-electron chi connectivity index (χ1n) is 9.03. The lowest BCUT2D eigenvalue weighted by atomic mass is 10.2. The van der Waals surface area contributed by atoms with Crippen molar-refractivity contribution < 1.29 is 27.5 Å². The number of benzene rings is 1. The molecule has 0 aliphatic heterocycles. The molecule has 0 spiro atoms. The van der Waals surface area contributed by atoms with E-state index < -0.39 is 28.5 Å². The number of hydrogen-bond donors (Lipinski definition) is 2. The number of amides is 2. The van der Waals surface area contributed by atoms with Gasteiger partial charge in [-0.3, -0.25) is 9.59 Å². The number of ether oxygens (including phenoxy) is 1. The number of esters is 1. The minimum absolute atomic E-state index is 0.0151. The summed E-state index contributed by atoms with van der Waals surface area (Å²) in [4.78, 5) is 37.0. The Bertz CT molecular complexity index is 835. The molecule has 10 heteroatoms. The second kappa shape index (κ2) is 9.65. The van der Waals surface area contributed by atoms with Gasteiger partial charge in [0.15, 0.2) is 6.61 Å². The maximum absolute atomic E-state index is 12.2. The third-order valence-electron chi connectivity index (χ3n) is 4.00. The van der Waals surface area contributed by atoms with Gasteiger partial charge in [-0.2, -0.15) is 0 Å². The van der Waals surface area contributed by atoms with E-state index in [4.69, 9.17) is 4.74 Å². The van der Waals surface area contributed by atoms with Gasteiger partial charge in [-0.05, 0) is 37.5 Å². The highest BCUT2D eigenvalue weighted by molar-refractivity contribution is 7.89. The standard InChI is InChI=1S/C18H25N3O6S/c1-3-9-19-28(25,26)15-6-4-5-13(10-15)18(24)27-12-17(23)21(2)11-16(22)20-14-7-8-14/h4-6,10,14,19H,3,7-9,11-12H2,1-2H3,(H,20,22). The molecule has 0 radical (unpaired) electrons. The van der Waals surface area contributed by atoms with Gasteiger partial charge >= 0.3 is 5.97 Å². The Morgan fingerprint density at radius 2 is 1.96 bits per heavy atom. The van der Waals surface area contributed by atoms with Crippen LogP contribution in [-0.2, 0) is 24.3 Å². The highest BCUT2D eigenvalue weighted by Crippen LogP contribution is 2.18. The van der Waals surface area contributed by atoms with Crippen LogP contribution in [0.3, 0.4) is 0 Å². The Morgan fingerprint density at radius 1 is 1.25 bits per heavy atom. The van der Waals surface area contributed by atoms with Crippen molar-refractivity contribution in [3.05, 3.63) is 29.8 Å². The van der Waals surface area contributed by atoms with E-state index in [1.807, 2.05) is 6.92 Å². The number of sulfonamides is 1. The van der Waals surface area contributed by atoms with Crippen molar-refractivity contribution in [3.63, 3.8) is 0 Å². The van der Waals surface area contributed by atoms with E-state index in [0.29, 0.717) is 6.42 Å². The maximum atomic E-state index is 12.2. The zero-order chi connectivity index (χ0) is 20.7. The lowest BCUT2D eigenvalue weighted by Crippen LogP contribution is -2.40. The maximum Gasteiger partial charge on any atom is 0.338 e. The quantitative estimate of drug-likeness (QED) is 0.533. The van der Waals surface area contributed by atoms with Crippen LogP contribution < -0.4 is 10.0 Å². The molecular weight excluding hydrogens is 386 g/mol. The smallest absolute Gasteiger partial charge is 0.338 e. The monoisotopic (exact) mass is 411 g/mol. The Kier molecular flexibility index (Phi) is 7.53. The van der Waals surface area contributed by atoms with Crippen molar-refractivity contribution in [1.29, 1.82) is 0 Å². The summed E-state index contributed by atoms with van der Waals surface area (Å²) in [5, 5.41) is 2.76. The predicted molar refractivity (Wildman–Crippen MR) is 101 cm³/mol. The van der Waals surface area contributed by atoms with Crippen LogP contribution in [0.4, 0.5) is 0 Å². The first-order chi connectivity index (χ1) is 13.2. The molecule has 0 bridgehead atoms. The average molecular weight is 411 g/mol. The Morgan fingerprint density at radius 3 is 2.61 bits per heavy atom. The van der Waals surface area contributed by atoms with Gasteiger partial charge in [0.2, 0.25) is 15.9 Å². The Hall–Kier alpha value is -2.46. The molecule has 0 heterocycles. The molecule has 2 rings (SSSR count). The van der Waals surface area contributed by atoms with Crippen molar-refractivity contribution in [2.75, 3.05) is 26.7 Å². The minimum Gasteiger partial charge on any atom is -0.452 e. The topological polar surface area (TPSA) is 122 Å². The number of hydrogen-bond acceptors (Lipinski definition) is 6. The van der Waals surface area contributed by atoms with Crippen LogP contribution in [0.15, 0.2) is 29.2 Å². The van der Waals surface area contributed by atoms with Crippen LogP contribution >= 0.6 is 0 Å². The van der Waals surface area contributed by atoms with E-state index in [2.05, 4.69) is 10.0 Å². The van der Waals surface area contributed by atoms with Gasteiger partial charge in [0.05, 0.1) is 17.0 Å². The highest BCUT2D eigenvalue weighted by Gasteiger charge is 2.24. The number of likely N-dealkylation sites (N-methyl/N-ethyl adjacent to an activating group) is 1. The number of rotatable bonds is 10. The molecule has 2 amide bonds. The zero-order valence-corrected chi connectivity index (χ0v) is 16.8. The largest absolute Gasteiger partial charge is 0.452 e. The molecule has 9 nitrogen and oxygen atoms in total. The van der Waals surface area contributed by atoms with E-state index in [1.165, 1.54) is 36.2 Å². The molecule has 0 aromatic heterocycles. The first kappa shape index (κ1) is 21.8. The minimum atomic E-state index is -3.72. The normalized spacial score (nSPS) is 13.6. The third-order valence-corrected chi connectivity index (χ3v) is 5.46. The second-order valence-electron chi connectivity index (χ2n) is 6.59. The van der Waals surface area contributed by atoms with Gasteiger partial charge in [0.1, 0.15) is 0 Å². The molecule has 1 aromatic carbocycles. The summed E-state index contributed by atoms with van der Waals surface area (Å²) in [7, 11) is -2.28. The van der Waals surface area contributed by atoms with Crippen LogP contribution in [0.5, 0.6) is 0 Å². The molecule has 0 saturated heterocycles. The van der Waals surface area contributed by atoms with Crippen molar-refractivity contribution in [3.8, 4) is 0 Å². The number of carbonyl (C=O) groups excluding carboxylic acids is 3. The van der Waals surface area contributed by atoms with Crippen molar-refractivity contribution in [2.24, 2.45) is 0 Å². The number of nitrogens with one attached hydrogen (secondary N) is 2. The van der Waals surface area contributed by atoms with Crippen molar-refractivity contribution in [2.45, 2.75) is 37.1 Å². The van der Waals surface area contributed by atoms with Crippen molar-refractivity contribution >= 4 is 27.8 Å². The van der Waals surface area contributed by atoms with Gasteiger partial charge < -0.3 is 15.0 Å². The van der Waals surface area contributed by atoms with E-state index in [-0.39, 0.29) is 35.5 Å². The van der Waals surface area contributed by atoms with E-state index in [9.17, 15) is 22.8 Å². The highest BCUT2D eigenvalue weighted by atomic mass is 32.2. The Balaban J connectivity index is 1.89. The summed E-state index contributed by atoms with van der Waals surface area (Å²) in [6.45, 7) is 1.45. The summed E-state index contributed by atoms with van der Waals surface area (Å²) in [6.07, 6.45) is 2.53. The van der Waals surface area contributed by atoms with Gasteiger partial charge in [-0.15, -0.1) is 0 Å². The molecule has 0 atom stereocenters. The zero-order valence-electron chi connectivity index (χ0n) is 15.9. The summed E-state index contributed by atoms with van der Waals surface area (Å²) in [5.41, 5.74) is 0.0151. The second-order valence-corrected chi connectivity index (χ2v) is 8.36. The lowest BCUT2D eigenvalue weighted by molar-refractivity contribution is -0.137. The fraction of sp³-hybridized carbons (Fsp3) is 0.500. The van der Waals surface area contributed by atoms with E-state index in [1.54, 1.807) is 0 Å². The lowest BCUT2D eigenvalue weighted by Gasteiger charge is -2.16. The molecule has 1 fully saturated rings. The summed E-state index contributed by atoms with van der Waals surface area (Å²) in [5.74, 6) is -1.62. The molecule has 1 saturated carbocycles. The molecule has 154 valence electrons. The molecule has 0 unspecified atom stereocenters. The fourth-order valence-electron chi connectivity index (χ4n) is 2.24. The summed E-state index contributed by atoms with van der Waals surface area (Å²) < 4.78 is 31.7. The summed E-state index contributed by atoms with van der Waals surface area (Å²) in [6, 6.07) is 5.58. The van der Waals surface area contributed by atoms with Crippen LogP contribution in [0, 0.1) is 0 Å². The first-order valence-corrected chi connectivity index (χ1v) is 10.5. The van der Waals surface area contributed by atoms with Crippen molar-refractivity contribution in [1.82, 2.24) is 14.9 Å². The van der Waals surface area contributed by atoms with Gasteiger partial charge in [-0.1, -0.05) is 13.0 Å². The summed E-state index contributed by atoms with van der Waals surface area (Å²) >= 11 is 0. The van der Waals surface area contributed by atoms with Crippen LogP contribution in [-0.4, -0.2) is 63.9 Å². The molecule has 2 N–H and O–H groups in total. The van der Waals surface area contributed by atoms with Crippen LogP contribution in [0.25, 0.3) is 0 Å². The third kappa shape index (κ3) is 6.61. The number of nitrogens with zero attached hydrogens (tertiary/aromatic N) is 1. The SMILES string of the molecule is CCCNS(=O)(=O)c1cccc(C(=O)OCC(=O)N(C)CC(=O)NC2CC2)c1. The number of carbonyl (C=O) groups is 3. The van der Waals surface area contributed by atoms with Crippen LogP contribution in [0.2, 0.25) is 0 Å². The van der Waals surface area contributed by atoms with Crippen LogP contribution in [0.1, 0.15) is 36.5 Å². The molecule has 1 aliphatic carbocycles. The molecule has 1 aliphatic rings. The van der Waals surface area contributed by atoms with Gasteiger partial charge in [0.25, 0.3) is 5.91 Å². The predicted octanol–water partition coefficient (Wildman–Crippen LogP) is 0.269. The molecule has 28 heavy (non-hydrogen) atoms. The average Bonchev–Trinajstić information content (AvgIpc) is 3.47. The molecular formula is C18H25N3O6S. The van der Waals surface area contributed by atoms with Gasteiger partial charge in [-0.25, -0.2) is 17.9 Å². The van der Waals surface area contributed by atoms with Gasteiger partial charge in [0, 0.05) is 19.6 Å². The van der Waals surface area contributed by atoms with E-state index >= 15 is 0 Å². The Labute approximate surface area is 164 Å². The fourth-order valence-corrected chi connectivity index (χ4v) is 3.41. The molecule has 1 aromatic rings.